The first kappa shape index (κ1) is 13.0. The van der Waals surface area contributed by atoms with Crippen LogP contribution in [0.3, 0.4) is 0 Å². The molecule has 1 aliphatic rings. The second-order valence-corrected chi connectivity index (χ2v) is 4.67. The van der Waals surface area contributed by atoms with Crippen molar-refractivity contribution in [2.45, 2.75) is 38.0 Å². The number of hydrogen-bond donors (Lipinski definition) is 2. The van der Waals surface area contributed by atoms with Crippen LogP contribution in [0.2, 0.25) is 0 Å². The Labute approximate surface area is 105 Å². The summed E-state index contributed by atoms with van der Waals surface area (Å²) in [4.78, 5) is 19.2. The van der Waals surface area contributed by atoms with E-state index in [1.165, 1.54) is 13.1 Å². The van der Waals surface area contributed by atoms with Crippen molar-refractivity contribution in [1.29, 1.82) is 0 Å². The molecule has 7 nitrogen and oxygen atoms in total. The number of nitro groups is 1. The van der Waals surface area contributed by atoms with Crippen LogP contribution in [0.4, 0.5) is 0 Å². The molecule has 0 aromatic carbocycles. The Morgan fingerprint density at radius 2 is 2.22 bits per heavy atom. The van der Waals surface area contributed by atoms with Crippen LogP contribution in [0.5, 0.6) is 0 Å². The average molecular weight is 254 g/mol. The van der Waals surface area contributed by atoms with E-state index in [1.807, 2.05) is 0 Å². The molecule has 100 valence electrons. The molecule has 0 spiro atoms. The minimum Gasteiger partial charge on any atom is -0.363 e. The number of aromatic amines is 1. The number of rotatable bonds is 4. The van der Waals surface area contributed by atoms with E-state index in [0.717, 1.165) is 19.3 Å². The van der Waals surface area contributed by atoms with Crippen LogP contribution in [0.15, 0.2) is 12.4 Å². The molecule has 1 aromatic heterocycles. The Morgan fingerprint density at radius 1 is 1.56 bits per heavy atom. The van der Waals surface area contributed by atoms with Crippen LogP contribution < -0.4 is 0 Å². The Bertz CT molecular complexity index is 402. The molecule has 7 heteroatoms. The maximum Gasteiger partial charge on any atom is 0.259 e. The number of aromatic nitrogens is 2. The topological polar surface area (TPSA) is 95.3 Å². The molecule has 0 aliphatic carbocycles. The fourth-order valence-electron chi connectivity index (χ4n) is 2.46. The van der Waals surface area contributed by atoms with Crippen LogP contribution in [-0.2, 0) is 5.72 Å². The van der Waals surface area contributed by atoms with Crippen molar-refractivity contribution in [2.75, 3.05) is 13.1 Å². The van der Waals surface area contributed by atoms with Crippen LogP contribution in [0, 0.1) is 10.1 Å². The number of piperidine rings is 1. The van der Waals surface area contributed by atoms with Gasteiger partial charge in [-0.25, -0.2) is 4.98 Å². The van der Waals surface area contributed by atoms with Gasteiger partial charge in [-0.05, 0) is 12.8 Å². The summed E-state index contributed by atoms with van der Waals surface area (Å²) in [6.07, 6.45) is 6.03. The smallest absolute Gasteiger partial charge is 0.259 e. The van der Waals surface area contributed by atoms with E-state index in [4.69, 9.17) is 0 Å². The maximum atomic E-state index is 11.1. The van der Waals surface area contributed by atoms with Crippen LogP contribution in [0.1, 0.15) is 32.0 Å². The van der Waals surface area contributed by atoms with Crippen LogP contribution in [0.25, 0.3) is 0 Å². The average Bonchev–Trinajstić information content (AvgIpc) is 2.92. The van der Waals surface area contributed by atoms with Gasteiger partial charge in [0.05, 0.1) is 0 Å². The fourth-order valence-corrected chi connectivity index (χ4v) is 2.46. The number of aliphatic hydroxyl groups is 1. The highest BCUT2D eigenvalue weighted by molar-refractivity contribution is 5.05. The summed E-state index contributed by atoms with van der Waals surface area (Å²) in [6.45, 7) is 2.71. The molecule has 1 aliphatic heterocycles. The summed E-state index contributed by atoms with van der Waals surface area (Å²) in [5.41, 5.74) is -1.66. The summed E-state index contributed by atoms with van der Waals surface area (Å²) in [7, 11) is 0. The van der Waals surface area contributed by atoms with Gasteiger partial charge in [-0.1, -0.05) is 6.42 Å². The van der Waals surface area contributed by atoms with Gasteiger partial charge in [-0.3, -0.25) is 15.0 Å². The predicted octanol–water partition coefficient (Wildman–Crippen LogP) is 0.706. The zero-order chi connectivity index (χ0) is 13.2. The molecule has 0 saturated carbocycles. The zero-order valence-electron chi connectivity index (χ0n) is 10.4. The van der Waals surface area contributed by atoms with Gasteiger partial charge in [0.25, 0.3) is 6.04 Å². The number of H-pyrrole nitrogens is 1. The Morgan fingerprint density at radius 3 is 2.72 bits per heavy atom. The Kier molecular flexibility index (Phi) is 3.63. The van der Waals surface area contributed by atoms with Crippen molar-refractivity contribution >= 4 is 0 Å². The molecule has 18 heavy (non-hydrogen) atoms. The largest absolute Gasteiger partial charge is 0.363 e. The lowest BCUT2D eigenvalue weighted by molar-refractivity contribution is -0.555. The number of likely N-dealkylation sites (tertiary alicyclic amines) is 1. The highest BCUT2D eigenvalue weighted by Crippen LogP contribution is 2.31. The summed E-state index contributed by atoms with van der Waals surface area (Å²) in [6, 6.07) is -1.14. The van der Waals surface area contributed by atoms with Gasteiger partial charge < -0.3 is 10.1 Å². The highest BCUT2D eigenvalue weighted by Gasteiger charge is 2.51. The molecule has 2 unspecified atom stereocenters. The number of nitrogens with one attached hydrogen (secondary N) is 1. The van der Waals surface area contributed by atoms with Crippen molar-refractivity contribution in [3.63, 3.8) is 0 Å². The second-order valence-electron chi connectivity index (χ2n) is 4.67. The van der Waals surface area contributed by atoms with Crippen molar-refractivity contribution < 1.29 is 10.0 Å². The lowest BCUT2D eigenvalue weighted by Crippen LogP contribution is -2.57. The van der Waals surface area contributed by atoms with Gasteiger partial charge >= 0.3 is 0 Å². The monoisotopic (exact) mass is 254 g/mol. The number of hydrogen-bond acceptors (Lipinski definition) is 5. The van der Waals surface area contributed by atoms with E-state index in [2.05, 4.69) is 9.97 Å². The summed E-state index contributed by atoms with van der Waals surface area (Å²) in [5.74, 6) is 0.244. The number of nitrogens with zero attached hydrogens (tertiary/aromatic N) is 3. The summed E-state index contributed by atoms with van der Waals surface area (Å²) < 4.78 is 0. The maximum absolute atomic E-state index is 11.1. The van der Waals surface area contributed by atoms with Crippen molar-refractivity contribution in [3.8, 4) is 0 Å². The van der Waals surface area contributed by atoms with E-state index in [1.54, 1.807) is 11.1 Å². The van der Waals surface area contributed by atoms with Crippen LogP contribution in [-0.4, -0.2) is 44.0 Å². The lowest BCUT2D eigenvalue weighted by atomic mass is 9.99. The predicted molar refractivity (Wildman–Crippen MR) is 64.4 cm³/mol. The van der Waals surface area contributed by atoms with Gasteiger partial charge in [0.15, 0.2) is 5.82 Å². The zero-order valence-corrected chi connectivity index (χ0v) is 10.4. The molecule has 2 heterocycles. The molecule has 1 saturated heterocycles. The molecule has 0 radical (unpaired) electrons. The van der Waals surface area contributed by atoms with E-state index in [0.29, 0.717) is 13.1 Å². The normalized spacial score (nSPS) is 22.3. The van der Waals surface area contributed by atoms with Gasteiger partial charge in [0, 0.05) is 37.3 Å². The van der Waals surface area contributed by atoms with E-state index in [9.17, 15) is 15.2 Å². The molecule has 1 fully saturated rings. The van der Waals surface area contributed by atoms with Crippen molar-refractivity contribution in [2.24, 2.45) is 0 Å². The highest BCUT2D eigenvalue weighted by atomic mass is 16.6. The molecule has 2 atom stereocenters. The number of imidazole rings is 1. The molecular formula is C11H18N4O3. The van der Waals surface area contributed by atoms with Gasteiger partial charge in [-0.15, -0.1) is 0 Å². The molecule has 2 rings (SSSR count). The molecular weight excluding hydrogens is 236 g/mol. The minimum atomic E-state index is -1.66. The van der Waals surface area contributed by atoms with Gasteiger partial charge in [0.1, 0.15) is 0 Å². The van der Waals surface area contributed by atoms with Gasteiger partial charge in [-0.2, -0.15) is 0 Å². The Hall–Kier alpha value is -1.47. The standard InChI is InChI=1S/C11H18N4O3/c1-9(15(17)18)11(16,10-12-5-6-13-10)14-7-3-2-4-8-14/h5-6,9,16H,2-4,7-8H2,1H3,(H,12,13). The van der Waals surface area contributed by atoms with Crippen molar-refractivity contribution in [1.82, 2.24) is 14.9 Å². The minimum absolute atomic E-state index is 0.244. The quantitative estimate of drug-likeness (QED) is 0.609. The third-order valence-corrected chi connectivity index (χ3v) is 3.58. The van der Waals surface area contributed by atoms with Crippen LogP contribution >= 0.6 is 0 Å². The van der Waals surface area contributed by atoms with E-state index < -0.39 is 16.7 Å². The SMILES string of the molecule is CC([N+](=O)[O-])C(O)(c1ncc[nH]1)N1CCCCC1. The van der Waals surface area contributed by atoms with Crippen molar-refractivity contribution in [3.05, 3.63) is 28.3 Å². The van der Waals surface area contributed by atoms with Gasteiger partial charge in [0.2, 0.25) is 5.72 Å². The summed E-state index contributed by atoms with van der Waals surface area (Å²) >= 11 is 0. The summed E-state index contributed by atoms with van der Waals surface area (Å²) in [5, 5.41) is 21.9. The second kappa shape index (κ2) is 5.03. The third-order valence-electron chi connectivity index (χ3n) is 3.58. The molecule has 1 aromatic rings. The van der Waals surface area contributed by atoms with E-state index in [-0.39, 0.29) is 5.82 Å². The first-order chi connectivity index (χ1) is 8.56. The molecule has 0 amide bonds. The lowest BCUT2D eigenvalue weighted by Gasteiger charge is -2.40. The van der Waals surface area contributed by atoms with E-state index >= 15 is 0 Å². The fraction of sp³-hybridized carbons (Fsp3) is 0.727. The third kappa shape index (κ3) is 2.11. The molecule has 2 N–H and O–H groups in total. The first-order valence-corrected chi connectivity index (χ1v) is 6.17. The first-order valence-electron chi connectivity index (χ1n) is 6.17. The molecule has 0 bridgehead atoms. The Balaban J connectivity index is 2.35.